The van der Waals surface area contributed by atoms with Crippen LogP contribution in [0.2, 0.25) is 0 Å². The summed E-state index contributed by atoms with van der Waals surface area (Å²) in [5.74, 6) is 2.39. The lowest BCUT2D eigenvalue weighted by molar-refractivity contribution is -0.141. The van der Waals surface area contributed by atoms with Crippen molar-refractivity contribution in [1.82, 2.24) is 4.90 Å². The van der Waals surface area contributed by atoms with Crippen LogP contribution in [0.4, 0.5) is 8.78 Å². The lowest BCUT2D eigenvalue weighted by Gasteiger charge is -2.35. The van der Waals surface area contributed by atoms with Gasteiger partial charge in [-0.25, -0.2) is 8.78 Å². The number of carbonyl (C=O) groups is 1. The minimum absolute atomic E-state index is 0.138. The molecule has 2 aliphatic heterocycles. The number of rotatable bonds is 7. The lowest BCUT2D eigenvalue weighted by Crippen LogP contribution is -2.49. The first-order chi connectivity index (χ1) is 10.1. The molecule has 1 amide bonds. The largest absolute Gasteiger partial charge is 0.377 e. The van der Waals surface area contributed by atoms with Crippen LogP contribution in [-0.4, -0.2) is 48.7 Å². The van der Waals surface area contributed by atoms with Gasteiger partial charge in [-0.1, -0.05) is 0 Å². The first-order valence-corrected chi connectivity index (χ1v) is 7.09. The van der Waals surface area contributed by atoms with E-state index in [1.807, 2.05) is 0 Å². The molecule has 1 saturated heterocycles. The van der Waals surface area contributed by atoms with Crippen LogP contribution < -0.4 is 0 Å². The third kappa shape index (κ3) is 4.46. The third-order valence-corrected chi connectivity index (χ3v) is 3.79. The molecule has 0 radical (unpaired) electrons. The molecule has 2 rings (SSSR count). The number of halogens is 2. The zero-order valence-corrected chi connectivity index (χ0v) is 11.8. The van der Waals surface area contributed by atoms with Gasteiger partial charge in [-0.3, -0.25) is 4.79 Å². The molecule has 0 spiro atoms. The van der Waals surface area contributed by atoms with Crippen LogP contribution in [-0.2, 0) is 9.53 Å². The number of carbonyl (C=O) groups excluding carboxylic acids is 1. The van der Waals surface area contributed by atoms with Gasteiger partial charge in [-0.15, -0.1) is 12.3 Å². The molecule has 0 bridgehead atoms. The van der Waals surface area contributed by atoms with Gasteiger partial charge in [0.2, 0.25) is 12.3 Å². The molecule has 0 N–H and O–H groups in total. The van der Waals surface area contributed by atoms with Crippen LogP contribution in [0, 0.1) is 12.3 Å². The van der Waals surface area contributed by atoms with Crippen molar-refractivity contribution in [3.63, 3.8) is 0 Å². The summed E-state index contributed by atoms with van der Waals surface area (Å²) in [5, 5.41) is 7.94. The van der Waals surface area contributed by atoms with Gasteiger partial charge < -0.3 is 9.64 Å². The number of amides is 1. The van der Waals surface area contributed by atoms with Crippen LogP contribution >= 0.6 is 0 Å². The Labute approximate surface area is 122 Å². The van der Waals surface area contributed by atoms with E-state index in [1.165, 1.54) is 4.90 Å². The van der Waals surface area contributed by atoms with E-state index >= 15 is 0 Å². The highest BCUT2D eigenvalue weighted by molar-refractivity contribution is 5.76. The summed E-state index contributed by atoms with van der Waals surface area (Å²) in [4.78, 5) is 13.7. The Hall–Kier alpha value is -1.55. The number of hydrogen-bond donors (Lipinski definition) is 0. The van der Waals surface area contributed by atoms with Crippen molar-refractivity contribution in [2.75, 3.05) is 19.8 Å². The number of ether oxygens (including phenoxy) is 1. The molecule has 2 heterocycles. The molecular weight excluding hydrogens is 280 g/mol. The van der Waals surface area contributed by atoms with E-state index in [0.29, 0.717) is 32.4 Å². The van der Waals surface area contributed by atoms with Crippen molar-refractivity contribution < 1.29 is 18.3 Å². The van der Waals surface area contributed by atoms with Crippen molar-refractivity contribution in [3.8, 4) is 12.3 Å². The lowest BCUT2D eigenvalue weighted by atomic mass is 10.0. The Morgan fingerprint density at radius 1 is 1.48 bits per heavy atom. The van der Waals surface area contributed by atoms with Crippen molar-refractivity contribution in [2.24, 2.45) is 10.2 Å². The molecule has 1 fully saturated rings. The smallest absolute Gasteiger partial charge is 0.240 e. The molecule has 0 aromatic heterocycles. The summed E-state index contributed by atoms with van der Waals surface area (Å²) in [7, 11) is 0. The summed E-state index contributed by atoms with van der Waals surface area (Å²) >= 11 is 0. The molecule has 2 aliphatic rings. The molecule has 0 aromatic rings. The van der Waals surface area contributed by atoms with Gasteiger partial charge in [0.1, 0.15) is 0 Å². The fourth-order valence-corrected chi connectivity index (χ4v) is 2.50. The average Bonchev–Trinajstić information content (AvgIpc) is 3.23. The van der Waals surface area contributed by atoms with E-state index in [9.17, 15) is 13.6 Å². The monoisotopic (exact) mass is 299 g/mol. The molecule has 5 nitrogen and oxygen atoms in total. The Morgan fingerprint density at radius 2 is 2.24 bits per heavy atom. The average molecular weight is 299 g/mol. The number of morpholine rings is 1. The molecule has 1 atom stereocenters. The summed E-state index contributed by atoms with van der Waals surface area (Å²) < 4.78 is 30.3. The quantitative estimate of drug-likeness (QED) is 0.677. The maximum absolute atomic E-state index is 12.5. The Morgan fingerprint density at radius 3 is 2.86 bits per heavy atom. The second-order valence-corrected chi connectivity index (χ2v) is 5.33. The van der Waals surface area contributed by atoms with E-state index in [1.54, 1.807) is 0 Å². The van der Waals surface area contributed by atoms with Crippen LogP contribution in [0.3, 0.4) is 0 Å². The Kier molecular flexibility index (Phi) is 5.23. The fourth-order valence-electron chi connectivity index (χ4n) is 2.50. The maximum Gasteiger partial charge on any atom is 0.240 e. The third-order valence-electron chi connectivity index (χ3n) is 3.79. The summed E-state index contributed by atoms with van der Waals surface area (Å²) in [6, 6.07) is -0.541. The number of hydrogen-bond acceptors (Lipinski definition) is 4. The van der Waals surface area contributed by atoms with Crippen molar-refractivity contribution in [3.05, 3.63) is 0 Å². The molecule has 0 aliphatic carbocycles. The van der Waals surface area contributed by atoms with Gasteiger partial charge in [-0.2, -0.15) is 10.2 Å². The van der Waals surface area contributed by atoms with Gasteiger partial charge >= 0.3 is 0 Å². The topological polar surface area (TPSA) is 54.3 Å². The normalized spacial score (nSPS) is 23.1. The Bertz CT molecular complexity index is 442. The van der Waals surface area contributed by atoms with Gasteiger partial charge in [0.15, 0.2) is 5.66 Å². The van der Waals surface area contributed by atoms with Crippen LogP contribution in [0.15, 0.2) is 10.2 Å². The van der Waals surface area contributed by atoms with E-state index in [0.717, 1.165) is 0 Å². The van der Waals surface area contributed by atoms with E-state index in [2.05, 4.69) is 16.1 Å². The zero-order valence-electron chi connectivity index (χ0n) is 11.8. The number of terminal acetylenes is 1. The Balaban J connectivity index is 1.82. The highest BCUT2D eigenvalue weighted by Gasteiger charge is 2.40. The number of alkyl halides is 2. The van der Waals surface area contributed by atoms with Gasteiger partial charge in [0.05, 0.1) is 19.3 Å². The molecule has 0 saturated carbocycles. The van der Waals surface area contributed by atoms with Crippen LogP contribution in [0.5, 0.6) is 0 Å². The standard InChI is InChI=1S/C14H19F2N3O2/c1-2-3-5-14(17-18-14)6-4-13(20)19-7-8-21-10-11(19)9-12(15)16/h1,11-12H,3-10H2. The molecule has 21 heavy (non-hydrogen) atoms. The minimum Gasteiger partial charge on any atom is -0.377 e. The van der Waals surface area contributed by atoms with E-state index in [-0.39, 0.29) is 25.4 Å². The second kappa shape index (κ2) is 6.94. The highest BCUT2D eigenvalue weighted by atomic mass is 19.3. The maximum atomic E-state index is 12.5. The zero-order chi connectivity index (χ0) is 15.3. The second-order valence-electron chi connectivity index (χ2n) is 5.33. The van der Waals surface area contributed by atoms with E-state index in [4.69, 9.17) is 11.2 Å². The van der Waals surface area contributed by atoms with Crippen LogP contribution in [0.25, 0.3) is 0 Å². The summed E-state index contributed by atoms with van der Waals surface area (Å²) in [6.45, 7) is 0.928. The van der Waals surface area contributed by atoms with Gasteiger partial charge in [0.25, 0.3) is 0 Å². The minimum atomic E-state index is -2.44. The molecule has 0 aromatic carbocycles. The van der Waals surface area contributed by atoms with Gasteiger partial charge in [0, 0.05) is 38.6 Å². The van der Waals surface area contributed by atoms with Crippen molar-refractivity contribution >= 4 is 5.91 Å². The molecule has 116 valence electrons. The fraction of sp³-hybridized carbons (Fsp3) is 0.786. The first-order valence-electron chi connectivity index (χ1n) is 7.09. The predicted molar refractivity (Wildman–Crippen MR) is 71.8 cm³/mol. The molecule has 7 heteroatoms. The summed E-state index contributed by atoms with van der Waals surface area (Å²) in [5.41, 5.74) is -0.507. The predicted octanol–water partition coefficient (Wildman–Crippen LogP) is 2.22. The van der Waals surface area contributed by atoms with Crippen molar-refractivity contribution in [1.29, 1.82) is 0 Å². The van der Waals surface area contributed by atoms with Gasteiger partial charge in [-0.05, 0) is 0 Å². The SMILES string of the molecule is C#CCCC1(CCC(=O)N2CCOCC2CC(F)F)N=N1. The van der Waals surface area contributed by atoms with Crippen molar-refractivity contribution in [2.45, 2.75) is 50.2 Å². The first kappa shape index (κ1) is 15.8. The highest BCUT2D eigenvalue weighted by Crippen LogP contribution is 2.37. The van der Waals surface area contributed by atoms with E-state index < -0.39 is 18.1 Å². The van der Waals surface area contributed by atoms with Crippen LogP contribution in [0.1, 0.15) is 32.1 Å². The molecular formula is C14H19F2N3O2. The number of nitrogens with zero attached hydrogens (tertiary/aromatic N) is 3. The molecule has 1 unspecified atom stereocenters. The summed E-state index contributed by atoms with van der Waals surface area (Å²) in [6.07, 6.45) is 4.36.